The van der Waals surface area contributed by atoms with E-state index in [2.05, 4.69) is 4.52 Å². The van der Waals surface area contributed by atoms with Crippen molar-refractivity contribution in [2.75, 3.05) is 0 Å². The largest absolute Gasteiger partial charge is 1.00 e. The summed E-state index contributed by atoms with van der Waals surface area (Å²) in [4.78, 5) is 20.8. The van der Waals surface area contributed by atoms with Crippen molar-refractivity contribution >= 4 is 7.82 Å². The molecule has 0 amide bonds. The van der Waals surface area contributed by atoms with Crippen LogP contribution in [0.25, 0.3) is 11.1 Å². The maximum atomic E-state index is 10.4. The quantitative estimate of drug-likeness (QED) is 0.423. The van der Waals surface area contributed by atoms with Gasteiger partial charge in [-0.1, -0.05) is 42.5 Å². The third-order valence-electron chi connectivity index (χ3n) is 2.18. The second-order valence-electron chi connectivity index (χ2n) is 3.43. The Bertz CT molecular complexity index is 539. The zero-order valence-electron chi connectivity index (χ0n) is 10.8. The van der Waals surface area contributed by atoms with Crippen LogP contribution in [0.15, 0.2) is 54.6 Å². The Morgan fingerprint density at radius 2 is 1.26 bits per heavy atom. The van der Waals surface area contributed by atoms with Crippen molar-refractivity contribution in [3.63, 3.8) is 0 Å². The van der Waals surface area contributed by atoms with Gasteiger partial charge in [-0.05, 0) is 23.3 Å². The van der Waals surface area contributed by atoms with E-state index < -0.39 is 7.82 Å². The van der Waals surface area contributed by atoms with E-state index in [1.165, 1.54) is 12.1 Å². The molecule has 2 aromatic rings. The molecule has 7 heteroatoms. The molecule has 2 rings (SSSR count). The fourth-order valence-electron chi connectivity index (χ4n) is 1.47. The van der Waals surface area contributed by atoms with Crippen molar-refractivity contribution < 1.29 is 78.0 Å². The number of phosphoric acid groups is 1. The summed E-state index contributed by atoms with van der Waals surface area (Å²) in [5.74, 6) is 0.0259. The maximum absolute atomic E-state index is 10.4. The fraction of sp³-hybridized carbons (Fsp3) is 0. The van der Waals surface area contributed by atoms with Crippen LogP contribution in [0.1, 0.15) is 0 Å². The zero-order valence-corrected chi connectivity index (χ0v) is 15.7. The van der Waals surface area contributed by atoms with E-state index in [4.69, 9.17) is 0 Å². The molecule has 4 nitrogen and oxygen atoms in total. The summed E-state index contributed by atoms with van der Waals surface area (Å²) in [5.41, 5.74) is 1.93. The van der Waals surface area contributed by atoms with E-state index in [0.29, 0.717) is 0 Å². The van der Waals surface area contributed by atoms with Crippen LogP contribution < -0.4 is 73.4 Å². The standard InChI is InChI=1S/C12H11O4P.2Na/c13-17(14,15)16-12-8-6-11(7-9-12)10-4-2-1-3-5-10;;/h1-9H,(H2,13,14,15);;/q;2*+1/p-2. The zero-order chi connectivity index (χ0) is 12.3. The van der Waals surface area contributed by atoms with Crippen molar-refractivity contribution in [2.45, 2.75) is 0 Å². The molecular formula is C12H9Na2O4P. The third kappa shape index (κ3) is 6.58. The third-order valence-corrected chi connectivity index (χ3v) is 2.61. The molecule has 2 aromatic carbocycles. The molecule has 0 aromatic heterocycles. The minimum Gasteiger partial charge on any atom is -0.780 e. The second kappa shape index (κ2) is 8.63. The summed E-state index contributed by atoms with van der Waals surface area (Å²) in [7, 11) is -4.97. The fourth-order valence-corrected chi connectivity index (χ4v) is 1.85. The SMILES string of the molecule is O=P([O-])([O-])Oc1ccc(-c2ccccc2)cc1.[Na+].[Na+]. The van der Waals surface area contributed by atoms with Gasteiger partial charge in [0.05, 0.1) is 0 Å². The number of benzene rings is 2. The Morgan fingerprint density at radius 3 is 1.74 bits per heavy atom. The Labute approximate surface area is 156 Å². The van der Waals surface area contributed by atoms with E-state index >= 15 is 0 Å². The predicted octanol–water partition coefficient (Wildman–Crippen LogP) is -4.43. The van der Waals surface area contributed by atoms with Crippen LogP contribution in [0.5, 0.6) is 5.75 Å². The summed E-state index contributed by atoms with van der Waals surface area (Å²) in [6.07, 6.45) is 0. The van der Waals surface area contributed by atoms with Crippen LogP contribution in [-0.2, 0) is 4.57 Å². The first-order valence-electron chi connectivity index (χ1n) is 4.92. The van der Waals surface area contributed by atoms with Gasteiger partial charge >= 0.3 is 59.1 Å². The van der Waals surface area contributed by atoms with Gasteiger partial charge in [-0.25, -0.2) is 0 Å². The van der Waals surface area contributed by atoms with E-state index in [9.17, 15) is 14.4 Å². The Balaban J connectivity index is 0.00000162. The number of rotatable bonds is 3. The van der Waals surface area contributed by atoms with Crippen LogP contribution in [0.2, 0.25) is 0 Å². The molecule has 0 heterocycles. The van der Waals surface area contributed by atoms with Gasteiger partial charge in [0.1, 0.15) is 13.6 Å². The normalized spacial score (nSPS) is 10.0. The molecule has 0 N–H and O–H groups in total. The number of hydrogen-bond acceptors (Lipinski definition) is 4. The molecule has 19 heavy (non-hydrogen) atoms. The van der Waals surface area contributed by atoms with Crippen molar-refractivity contribution in [2.24, 2.45) is 0 Å². The van der Waals surface area contributed by atoms with Crippen LogP contribution in [-0.4, -0.2) is 0 Å². The Hall–Kier alpha value is 0.390. The summed E-state index contributed by atoms with van der Waals surface area (Å²) in [5, 5.41) is 0. The van der Waals surface area contributed by atoms with E-state index in [1.807, 2.05) is 30.3 Å². The summed E-state index contributed by atoms with van der Waals surface area (Å²) < 4.78 is 14.6. The molecule has 0 saturated heterocycles. The van der Waals surface area contributed by atoms with Crippen molar-refractivity contribution in [3.8, 4) is 16.9 Å². The topological polar surface area (TPSA) is 72.4 Å². The van der Waals surface area contributed by atoms with Gasteiger partial charge in [-0.15, -0.1) is 0 Å². The van der Waals surface area contributed by atoms with Gasteiger partial charge in [0.2, 0.25) is 0 Å². The van der Waals surface area contributed by atoms with Crippen LogP contribution in [0.3, 0.4) is 0 Å². The molecule has 0 spiro atoms. The van der Waals surface area contributed by atoms with Crippen molar-refractivity contribution in [3.05, 3.63) is 54.6 Å². The van der Waals surface area contributed by atoms with Crippen LogP contribution in [0.4, 0.5) is 0 Å². The van der Waals surface area contributed by atoms with Crippen LogP contribution in [0, 0.1) is 0 Å². The predicted molar refractivity (Wildman–Crippen MR) is 60.1 cm³/mol. The molecule has 0 bridgehead atoms. The van der Waals surface area contributed by atoms with E-state index in [0.717, 1.165) is 11.1 Å². The van der Waals surface area contributed by atoms with E-state index in [-0.39, 0.29) is 64.9 Å². The van der Waals surface area contributed by atoms with Crippen LogP contribution >= 0.6 is 7.82 Å². The molecule has 0 aliphatic heterocycles. The molecule has 0 aliphatic carbocycles. The average Bonchev–Trinajstić information content (AvgIpc) is 2.29. The molecule has 0 saturated carbocycles. The molecule has 0 atom stereocenters. The molecule has 0 unspecified atom stereocenters. The number of phosphoric ester groups is 1. The monoisotopic (exact) mass is 294 g/mol. The van der Waals surface area contributed by atoms with E-state index in [1.54, 1.807) is 12.1 Å². The van der Waals surface area contributed by atoms with Gasteiger partial charge < -0.3 is 18.9 Å². The van der Waals surface area contributed by atoms with Gasteiger partial charge in [0, 0.05) is 0 Å². The second-order valence-corrected chi connectivity index (χ2v) is 4.51. The first-order chi connectivity index (χ1) is 8.04. The smallest absolute Gasteiger partial charge is 0.780 e. The number of hydrogen-bond donors (Lipinski definition) is 0. The minimum absolute atomic E-state index is 0. The van der Waals surface area contributed by atoms with Gasteiger partial charge in [-0.3, -0.25) is 0 Å². The first kappa shape index (κ1) is 19.4. The van der Waals surface area contributed by atoms with Gasteiger partial charge in [-0.2, -0.15) is 0 Å². The van der Waals surface area contributed by atoms with Crippen molar-refractivity contribution in [1.29, 1.82) is 0 Å². The molecule has 0 aliphatic rings. The molecular weight excluding hydrogens is 285 g/mol. The summed E-state index contributed by atoms with van der Waals surface area (Å²) >= 11 is 0. The maximum Gasteiger partial charge on any atom is 1.00 e. The van der Waals surface area contributed by atoms with Crippen molar-refractivity contribution in [1.82, 2.24) is 0 Å². The Morgan fingerprint density at radius 1 is 0.789 bits per heavy atom. The molecule has 0 radical (unpaired) electrons. The minimum atomic E-state index is -4.97. The molecule has 88 valence electrons. The Kier molecular flexibility index (Phi) is 8.80. The summed E-state index contributed by atoms with van der Waals surface area (Å²) in [6, 6.07) is 15.9. The van der Waals surface area contributed by atoms with Gasteiger partial charge in [0.15, 0.2) is 0 Å². The molecule has 0 fully saturated rings. The van der Waals surface area contributed by atoms with Gasteiger partial charge in [0.25, 0.3) is 0 Å². The average molecular weight is 294 g/mol. The summed E-state index contributed by atoms with van der Waals surface area (Å²) in [6.45, 7) is 0. The first-order valence-corrected chi connectivity index (χ1v) is 6.38.